The van der Waals surface area contributed by atoms with Crippen LogP contribution < -0.4 is 11.2 Å². The lowest BCUT2D eigenvalue weighted by molar-refractivity contribution is -0.140. The van der Waals surface area contributed by atoms with Crippen LogP contribution in [0.1, 0.15) is 18.0 Å². The molecule has 1 saturated carbocycles. The van der Waals surface area contributed by atoms with Crippen molar-refractivity contribution in [3.8, 4) is 0 Å². The molecule has 6 nitrogen and oxygen atoms in total. The lowest BCUT2D eigenvalue weighted by Crippen LogP contribution is -2.42. The summed E-state index contributed by atoms with van der Waals surface area (Å²) >= 11 is 0. The van der Waals surface area contributed by atoms with Crippen LogP contribution in [0.5, 0.6) is 0 Å². The first kappa shape index (κ1) is 16.6. The van der Waals surface area contributed by atoms with Crippen LogP contribution in [0.15, 0.2) is 15.8 Å². The average molecular weight is 330 g/mol. The highest BCUT2D eigenvalue weighted by atomic mass is 19.4. The Morgan fingerprint density at radius 2 is 1.95 bits per heavy atom. The molecular formula is C11H11F5N2O4. The number of rotatable bonds is 2. The van der Waals surface area contributed by atoms with Crippen molar-refractivity contribution < 1.29 is 32.2 Å². The minimum absolute atomic E-state index is 0.00617. The SMILES string of the molecule is O=c1[nH]c(=O)n(C2CC(O)C(CO)C2(F)F)cc1C(F)(F)F. The fraction of sp³-hybridized carbons (Fsp3) is 0.636. The Morgan fingerprint density at radius 3 is 2.41 bits per heavy atom. The predicted molar refractivity (Wildman–Crippen MR) is 61.5 cm³/mol. The van der Waals surface area contributed by atoms with Gasteiger partial charge in [0.05, 0.1) is 18.6 Å². The van der Waals surface area contributed by atoms with Crippen LogP contribution in [0, 0.1) is 5.92 Å². The van der Waals surface area contributed by atoms with Crippen LogP contribution >= 0.6 is 0 Å². The predicted octanol–water partition coefficient (Wildman–Crippen LogP) is 0.105. The van der Waals surface area contributed by atoms with Gasteiger partial charge in [-0.25, -0.2) is 13.6 Å². The molecule has 0 spiro atoms. The number of alkyl halides is 5. The highest BCUT2D eigenvalue weighted by Gasteiger charge is 2.58. The summed E-state index contributed by atoms with van der Waals surface area (Å²) in [6.07, 6.45) is -7.56. The molecule has 0 saturated heterocycles. The van der Waals surface area contributed by atoms with E-state index in [0.29, 0.717) is 0 Å². The lowest BCUT2D eigenvalue weighted by Gasteiger charge is -2.25. The third-order valence-electron chi connectivity index (χ3n) is 3.67. The maximum Gasteiger partial charge on any atom is 0.423 e. The van der Waals surface area contributed by atoms with Gasteiger partial charge < -0.3 is 10.2 Å². The summed E-state index contributed by atoms with van der Waals surface area (Å²) in [6.45, 7) is -1.10. The summed E-state index contributed by atoms with van der Waals surface area (Å²) in [5.74, 6) is -5.73. The minimum atomic E-state index is -5.13. The second kappa shape index (κ2) is 5.16. The first-order chi connectivity index (χ1) is 10.00. The number of aromatic amines is 1. The van der Waals surface area contributed by atoms with Crippen molar-refractivity contribution in [1.82, 2.24) is 9.55 Å². The van der Waals surface area contributed by atoms with Crippen LogP contribution in [-0.2, 0) is 6.18 Å². The van der Waals surface area contributed by atoms with E-state index in [9.17, 15) is 36.6 Å². The van der Waals surface area contributed by atoms with E-state index < -0.39 is 60.0 Å². The third kappa shape index (κ3) is 2.54. The summed E-state index contributed by atoms with van der Waals surface area (Å²) in [4.78, 5) is 24.0. The van der Waals surface area contributed by atoms with Gasteiger partial charge >= 0.3 is 11.9 Å². The van der Waals surface area contributed by atoms with Gasteiger partial charge in [0.1, 0.15) is 11.6 Å². The second-order valence-electron chi connectivity index (χ2n) is 4.99. The zero-order valence-corrected chi connectivity index (χ0v) is 10.8. The van der Waals surface area contributed by atoms with E-state index in [1.165, 1.54) is 4.98 Å². The zero-order chi connectivity index (χ0) is 16.9. The number of nitrogens with one attached hydrogen (secondary N) is 1. The highest BCUT2D eigenvalue weighted by Crippen LogP contribution is 2.47. The molecule has 0 aliphatic heterocycles. The molecule has 1 aromatic rings. The Labute approximate surface area is 118 Å². The molecule has 1 aliphatic rings. The van der Waals surface area contributed by atoms with E-state index in [1.807, 2.05) is 0 Å². The molecule has 11 heteroatoms. The van der Waals surface area contributed by atoms with Gasteiger partial charge in [0.2, 0.25) is 0 Å². The molecule has 1 aromatic heterocycles. The fourth-order valence-corrected chi connectivity index (χ4v) is 2.51. The number of nitrogens with zero attached hydrogens (tertiary/aromatic N) is 1. The number of aliphatic hydroxyl groups excluding tert-OH is 2. The normalized spacial score (nSPS) is 28.0. The number of hydrogen-bond donors (Lipinski definition) is 3. The van der Waals surface area contributed by atoms with Crippen molar-refractivity contribution in [3.63, 3.8) is 0 Å². The molecule has 0 bridgehead atoms. The smallest absolute Gasteiger partial charge is 0.396 e. The molecule has 3 N–H and O–H groups in total. The summed E-state index contributed by atoms with van der Waals surface area (Å²) < 4.78 is 66.1. The molecule has 1 heterocycles. The van der Waals surface area contributed by atoms with Crippen molar-refractivity contribution >= 4 is 0 Å². The van der Waals surface area contributed by atoms with Crippen molar-refractivity contribution in [3.05, 3.63) is 32.6 Å². The van der Waals surface area contributed by atoms with Crippen LogP contribution in [0.25, 0.3) is 0 Å². The largest absolute Gasteiger partial charge is 0.423 e. The number of hydrogen-bond acceptors (Lipinski definition) is 4. The topological polar surface area (TPSA) is 95.3 Å². The molecule has 0 amide bonds. The van der Waals surface area contributed by atoms with E-state index in [4.69, 9.17) is 5.11 Å². The number of halogens is 5. The van der Waals surface area contributed by atoms with Crippen LogP contribution in [0.2, 0.25) is 0 Å². The average Bonchev–Trinajstić information content (AvgIpc) is 2.57. The van der Waals surface area contributed by atoms with E-state index in [0.717, 1.165) is 0 Å². The van der Waals surface area contributed by atoms with Gasteiger partial charge in [-0.15, -0.1) is 0 Å². The van der Waals surface area contributed by atoms with Gasteiger partial charge in [-0.1, -0.05) is 0 Å². The van der Waals surface area contributed by atoms with Crippen LogP contribution in [0.3, 0.4) is 0 Å². The summed E-state index contributed by atoms with van der Waals surface area (Å²) in [7, 11) is 0. The molecule has 0 radical (unpaired) electrons. The van der Waals surface area contributed by atoms with Crippen molar-refractivity contribution in [2.24, 2.45) is 5.92 Å². The third-order valence-corrected chi connectivity index (χ3v) is 3.67. The van der Waals surface area contributed by atoms with Crippen molar-refractivity contribution in [2.75, 3.05) is 6.61 Å². The summed E-state index contributed by atoms with van der Waals surface area (Å²) in [5, 5.41) is 18.4. The maximum absolute atomic E-state index is 14.1. The van der Waals surface area contributed by atoms with Gasteiger partial charge in [0.25, 0.3) is 11.5 Å². The van der Waals surface area contributed by atoms with Crippen molar-refractivity contribution in [2.45, 2.75) is 30.7 Å². The number of aliphatic hydroxyl groups is 2. The first-order valence-corrected chi connectivity index (χ1v) is 6.09. The Hall–Kier alpha value is -1.75. The molecule has 2 rings (SSSR count). The lowest BCUT2D eigenvalue weighted by atomic mass is 10.0. The number of aromatic nitrogens is 2. The Balaban J connectivity index is 2.59. The van der Waals surface area contributed by atoms with Crippen molar-refractivity contribution in [1.29, 1.82) is 0 Å². The van der Waals surface area contributed by atoms with Gasteiger partial charge in [-0.2, -0.15) is 13.2 Å². The maximum atomic E-state index is 14.1. The highest BCUT2D eigenvalue weighted by molar-refractivity contribution is 5.11. The fourth-order valence-electron chi connectivity index (χ4n) is 2.51. The Bertz CT molecular complexity index is 680. The van der Waals surface area contributed by atoms with Gasteiger partial charge in [0, 0.05) is 12.6 Å². The van der Waals surface area contributed by atoms with E-state index in [1.54, 1.807) is 0 Å². The minimum Gasteiger partial charge on any atom is -0.396 e. The van der Waals surface area contributed by atoms with E-state index in [-0.39, 0.29) is 10.8 Å². The van der Waals surface area contributed by atoms with Crippen LogP contribution in [-0.4, -0.2) is 38.4 Å². The number of H-pyrrole nitrogens is 1. The molecule has 124 valence electrons. The van der Waals surface area contributed by atoms with Gasteiger partial charge in [-0.05, 0) is 0 Å². The molecule has 3 atom stereocenters. The quantitative estimate of drug-likeness (QED) is 0.671. The molecule has 1 aliphatic carbocycles. The van der Waals surface area contributed by atoms with Gasteiger partial charge in [-0.3, -0.25) is 14.3 Å². The van der Waals surface area contributed by atoms with Crippen LogP contribution in [0.4, 0.5) is 22.0 Å². The molecule has 0 aromatic carbocycles. The monoisotopic (exact) mass is 330 g/mol. The standard InChI is InChI=1S/C11H11F5N2O4/c12-10(13)5(3-19)6(20)1-7(10)18-2-4(11(14,15)16)8(21)17-9(18)22/h2,5-7,19-20H,1,3H2,(H,17,21,22). The molecule has 1 fully saturated rings. The van der Waals surface area contributed by atoms with E-state index >= 15 is 0 Å². The Kier molecular flexibility index (Phi) is 3.90. The Morgan fingerprint density at radius 1 is 1.36 bits per heavy atom. The van der Waals surface area contributed by atoms with E-state index in [2.05, 4.69) is 0 Å². The zero-order valence-electron chi connectivity index (χ0n) is 10.8. The molecule has 3 unspecified atom stereocenters. The van der Waals surface area contributed by atoms with Gasteiger partial charge in [0.15, 0.2) is 0 Å². The molecular weight excluding hydrogens is 319 g/mol. The summed E-state index contributed by atoms with van der Waals surface area (Å²) in [6, 6.07) is -2.11. The second-order valence-corrected chi connectivity index (χ2v) is 4.99. The first-order valence-electron chi connectivity index (χ1n) is 6.09. The summed E-state index contributed by atoms with van der Waals surface area (Å²) in [5.41, 5.74) is -4.99. The molecule has 22 heavy (non-hydrogen) atoms.